The molecule has 0 heterocycles. The maximum absolute atomic E-state index is 12.5. The van der Waals surface area contributed by atoms with Crippen LogP contribution in [0.3, 0.4) is 0 Å². The van der Waals surface area contributed by atoms with Gasteiger partial charge in [-0.1, -0.05) is 11.6 Å². The minimum absolute atomic E-state index is 0.00175. The van der Waals surface area contributed by atoms with E-state index in [2.05, 4.69) is 15.3 Å². The van der Waals surface area contributed by atoms with Gasteiger partial charge in [0.25, 0.3) is 5.91 Å². The summed E-state index contributed by atoms with van der Waals surface area (Å²) in [5.41, 5.74) is 3.00. The van der Waals surface area contributed by atoms with Gasteiger partial charge in [0, 0.05) is 11.6 Å². The number of nitrogens with one attached hydrogen (secondary N) is 1. The molecule has 1 amide bonds. The van der Waals surface area contributed by atoms with E-state index in [1.807, 2.05) is 0 Å². The molecule has 2 aromatic rings. The standard InChI is InChI=1S/C18H17ClF2N2O5/c1-25-12-6-11(7-13(8-12)26-2)17(24)23-22-9-10-4-14(19)16(28-18(20)21)15(5-10)27-3/h4-9,18H,1-3H3,(H,23,24)/b22-9-. The molecule has 0 saturated carbocycles. The molecular formula is C18H17ClF2N2O5. The van der Waals surface area contributed by atoms with Crippen molar-refractivity contribution in [1.29, 1.82) is 0 Å². The Bertz CT molecular complexity index is 855. The van der Waals surface area contributed by atoms with Gasteiger partial charge in [-0.05, 0) is 29.8 Å². The molecule has 0 aromatic heterocycles. The highest BCUT2D eigenvalue weighted by molar-refractivity contribution is 6.32. The monoisotopic (exact) mass is 414 g/mol. The number of benzene rings is 2. The van der Waals surface area contributed by atoms with Crippen LogP contribution in [0.15, 0.2) is 35.4 Å². The van der Waals surface area contributed by atoms with Crippen LogP contribution < -0.4 is 24.4 Å². The molecule has 1 N–H and O–H groups in total. The summed E-state index contributed by atoms with van der Waals surface area (Å²) in [4.78, 5) is 12.2. The van der Waals surface area contributed by atoms with Crippen molar-refractivity contribution in [3.8, 4) is 23.0 Å². The average Bonchev–Trinajstić information content (AvgIpc) is 2.68. The van der Waals surface area contributed by atoms with E-state index in [1.165, 1.54) is 51.8 Å². The molecule has 0 radical (unpaired) electrons. The van der Waals surface area contributed by atoms with E-state index in [-0.39, 0.29) is 22.1 Å². The first-order chi connectivity index (χ1) is 13.4. The predicted molar refractivity (Wildman–Crippen MR) is 99.2 cm³/mol. The lowest BCUT2D eigenvalue weighted by Gasteiger charge is -2.12. The number of alkyl halides is 2. The number of carbonyl (C=O) groups excluding carboxylic acids is 1. The molecule has 10 heteroatoms. The minimum atomic E-state index is -3.05. The predicted octanol–water partition coefficient (Wildman–Crippen LogP) is 3.73. The lowest BCUT2D eigenvalue weighted by molar-refractivity contribution is -0.0511. The maximum Gasteiger partial charge on any atom is 0.387 e. The van der Waals surface area contributed by atoms with E-state index >= 15 is 0 Å². The number of ether oxygens (including phenoxy) is 4. The number of carbonyl (C=O) groups is 1. The van der Waals surface area contributed by atoms with Gasteiger partial charge in [0.15, 0.2) is 11.5 Å². The number of hydrazone groups is 1. The average molecular weight is 415 g/mol. The van der Waals surface area contributed by atoms with Crippen molar-refractivity contribution in [1.82, 2.24) is 5.43 Å². The molecule has 0 unspecified atom stereocenters. The first-order valence-corrected chi connectivity index (χ1v) is 8.14. The Kier molecular flexibility index (Phi) is 7.39. The molecule has 0 atom stereocenters. The second kappa shape index (κ2) is 9.75. The fourth-order valence-electron chi connectivity index (χ4n) is 2.19. The molecule has 0 spiro atoms. The fourth-order valence-corrected chi connectivity index (χ4v) is 2.45. The number of hydrogen-bond acceptors (Lipinski definition) is 6. The zero-order valence-corrected chi connectivity index (χ0v) is 15.9. The molecule has 0 bridgehead atoms. The zero-order valence-electron chi connectivity index (χ0n) is 15.2. The molecule has 0 aliphatic rings. The highest BCUT2D eigenvalue weighted by Crippen LogP contribution is 2.37. The van der Waals surface area contributed by atoms with Crippen LogP contribution in [0.4, 0.5) is 8.78 Å². The van der Waals surface area contributed by atoms with E-state index in [0.717, 1.165) is 0 Å². The third kappa shape index (κ3) is 5.46. The molecule has 0 aliphatic carbocycles. The number of hydrogen-bond donors (Lipinski definition) is 1. The highest BCUT2D eigenvalue weighted by atomic mass is 35.5. The van der Waals surface area contributed by atoms with Gasteiger partial charge in [-0.3, -0.25) is 4.79 Å². The molecule has 7 nitrogen and oxygen atoms in total. The van der Waals surface area contributed by atoms with Crippen molar-refractivity contribution in [3.05, 3.63) is 46.5 Å². The summed E-state index contributed by atoms with van der Waals surface area (Å²) in [5.74, 6) is 0.0883. The third-order valence-corrected chi connectivity index (χ3v) is 3.73. The van der Waals surface area contributed by atoms with Crippen LogP contribution >= 0.6 is 11.6 Å². The number of halogens is 3. The van der Waals surface area contributed by atoms with E-state index < -0.39 is 12.5 Å². The maximum atomic E-state index is 12.5. The van der Waals surface area contributed by atoms with Crippen LogP contribution in [0.2, 0.25) is 5.02 Å². The van der Waals surface area contributed by atoms with Crippen molar-refractivity contribution in [2.45, 2.75) is 6.61 Å². The van der Waals surface area contributed by atoms with Crippen LogP contribution in [-0.4, -0.2) is 40.1 Å². The van der Waals surface area contributed by atoms with Gasteiger partial charge in [-0.2, -0.15) is 13.9 Å². The van der Waals surface area contributed by atoms with E-state index in [1.54, 1.807) is 6.07 Å². The van der Waals surface area contributed by atoms with Crippen LogP contribution in [0.1, 0.15) is 15.9 Å². The number of nitrogens with zero attached hydrogens (tertiary/aromatic N) is 1. The quantitative estimate of drug-likeness (QED) is 0.526. The molecule has 0 saturated heterocycles. The second-order valence-corrected chi connectivity index (χ2v) is 5.62. The van der Waals surface area contributed by atoms with Gasteiger partial charge < -0.3 is 18.9 Å². The van der Waals surface area contributed by atoms with Crippen LogP contribution in [0.25, 0.3) is 0 Å². The van der Waals surface area contributed by atoms with Gasteiger partial charge in [0.1, 0.15) is 11.5 Å². The summed E-state index contributed by atoms with van der Waals surface area (Å²) in [5, 5.41) is 3.73. The van der Waals surface area contributed by atoms with Gasteiger partial charge in [0.05, 0.1) is 32.6 Å². The largest absolute Gasteiger partial charge is 0.497 e. The van der Waals surface area contributed by atoms with E-state index in [4.69, 9.17) is 25.8 Å². The van der Waals surface area contributed by atoms with E-state index in [0.29, 0.717) is 17.1 Å². The van der Waals surface area contributed by atoms with E-state index in [9.17, 15) is 13.6 Å². The smallest absolute Gasteiger partial charge is 0.387 e. The third-order valence-electron chi connectivity index (χ3n) is 3.45. The highest BCUT2D eigenvalue weighted by Gasteiger charge is 2.16. The van der Waals surface area contributed by atoms with Crippen LogP contribution in [0, 0.1) is 0 Å². The Hall–Kier alpha value is -3.07. The molecule has 0 fully saturated rings. The normalized spacial score (nSPS) is 10.8. The summed E-state index contributed by atoms with van der Waals surface area (Å²) in [7, 11) is 4.21. The Balaban J connectivity index is 2.16. The van der Waals surface area contributed by atoms with Gasteiger partial charge in [0.2, 0.25) is 0 Å². The number of methoxy groups -OCH3 is 3. The Morgan fingerprint density at radius 3 is 2.25 bits per heavy atom. The summed E-state index contributed by atoms with van der Waals surface area (Å²) in [6.45, 7) is -3.05. The van der Waals surface area contributed by atoms with Crippen LogP contribution in [-0.2, 0) is 0 Å². The topological polar surface area (TPSA) is 78.4 Å². The fraction of sp³-hybridized carbons (Fsp3) is 0.222. The second-order valence-electron chi connectivity index (χ2n) is 5.21. The first kappa shape index (κ1) is 21.2. The molecule has 28 heavy (non-hydrogen) atoms. The lowest BCUT2D eigenvalue weighted by Crippen LogP contribution is -2.17. The summed E-state index contributed by atoms with van der Waals surface area (Å²) < 4.78 is 44.4. The van der Waals surface area contributed by atoms with Crippen molar-refractivity contribution < 1.29 is 32.5 Å². The Morgan fingerprint density at radius 1 is 1.07 bits per heavy atom. The number of amides is 1. The summed E-state index contributed by atoms with van der Waals surface area (Å²) >= 11 is 5.95. The number of rotatable bonds is 8. The van der Waals surface area contributed by atoms with Gasteiger partial charge in [-0.25, -0.2) is 5.43 Å². The first-order valence-electron chi connectivity index (χ1n) is 7.76. The van der Waals surface area contributed by atoms with Crippen molar-refractivity contribution in [3.63, 3.8) is 0 Å². The molecular weight excluding hydrogens is 398 g/mol. The van der Waals surface area contributed by atoms with Gasteiger partial charge >= 0.3 is 6.61 Å². The Morgan fingerprint density at radius 2 is 1.71 bits per heavy atom. The van der Waals surface area contributed by atoms with Crippen molar-refractivity contribution in [2.24, 2.45) is 5.10 Å². The lowest BCUT2D eigenvalue weighted by atomic mass is 10.2. The van der Waals surface area contributed by atoms with Crippen LogP contribution in [0.5, 0.6) is 23.0 Å². The zero-order chi connectivity index (χ0) is 20.7. The van der Waals surface area contributed by atoms with Crippen molar-refractivity contribution >= 4 is 23.7 Å². The molecule has 0 aliphatic heterocycles. The summed E-state index contributed by atoms with van der Waals surface area (Å²) in [6.07, 6.45) is 1.27. The molecule has 150 valence electrons. The SMILES string of the molecule is COc1cc(OC)cc(C(=O)N/N=C\c2cc(Cl)c(OC(F)F)c(OC)c2)c1. The van der Waals surface area contributed by atoms with Crippen molar-refractivity contribution in [2.75, 3.05) is 21.3 Å². The minimum Gasteiger partial charge on any atom is -0.497 e. The molecule has 2 aromatic carbocycles. The Labute approximate surface area is 164 Å². The summed E-state index contributed by atoms with van der Waals surface area (Å²) in [6, 6.07) is 7.38. The molecule has 2 rings (SSSR count). The van der Waals surface area contributed by atoms with Gasteiger partial charge in [-0.15, -0.1) is 0 Å².